The minimum absolute atomic E-state index is 0.0625. The molecule has 0 aliphatic heterocycles. The SMILES string of the molecule is CCC(Cl)CC(S)C(O)(I)c1ccccc1. The second-order valence-electron chi connectivity index (χ2n) is 3.80. The van der Waals surface area contributed by atoms with Crippen LogP contribution in [0.1, 0.15) is 25.3 Å². The van der Waals surface area contributed by atoms with Crippen LogP contribution in [0.4, 0.5) is 0 Å². The van der Waals surface area contributed by atoms with Crippen molar-refractivity contribution in [3.63, 3.8) is 0 Å². The van der Waals surface area contributed by atoms with Gasteiger partial charge in [0.05, 0.1) is 0 Å². The molecule has 16 heavy (non-hydrogen) atoms. The summed E-state index contributed by atoms with van der Waals surface area (Å²) in [4.78, 5) is 0. The van der Waals surface area contributed by atoms with Crippen LogP contribution in [0.25, 0.3) is 0 Å². The van der Waals surface area contributed by atoms with Crippen molar-refractivity contribution in [2.45, 2.75) is 34.0 Å². The molecular weight excluding hydrogens is 355 g/mol. The summed E-state index contributed by atoms with van der Waals surface area (Å²) < 4.78 is -0.968. The van der Waals surface area contributed by atoms with Crippen molar-refractivity contribution in [2.75, 3.05) is 0 Å². The van der Waals surface area contributed by atoms with Crippen LogP contribution in [-0.4, -0.2) is 15.7 Å². The van der Waals surface area contributed by atoms with Gasteiger partial charge in [-0.25, -0.2) is 0 Å². The van der Waals surface area contributed by atoms with E-state index in [1.165, 1.54) is 0 Å². The maximum atomic E-state index is 10.5. The van der Waals surface area contributed by atoms with Gasteiger partial charge in [0.25, 0.3) is 0 Å². The highest BCUT2D eigenvalue weighted by molar-refractivity contribution is 14.1. The summed E-state index contributed by atoms with van der Waals surface area (Å²) in [6, 6.07) is 9.57. The topological polar surface area (TPSA) is 20.2 Å². The Hall–Kier alpha value is 0.550. The van der Waals surface area contributed by atoms with E-state index in [1.54, 1.807) is 0 Å². The fraction of sp³-hybridized carbons (Fsp3) is 0.500. The molecule has 0 amide bonds. The van der Waals surface area contributed by atoms with Gasteiger partial charge >= 0.3 is 0 Å². The first kappa shape index (κ1) is 14.6. The number of rotatable bonds is 5. The van der Waals surface area contributed by atoms with Gasteiger partial charge in [0.15, 0.2) is 3.61 Å². The second-order valence-corrected chi connectivity index (χ2v) is 6.68. The van der Waals surface area contributed by atoms with Gasteiger partial charge in [-0.3, -0.25) is 0 Å². The quantitative estimate of drug-likeness (QED) is 0.456. The van der Waals surface area contributed by atoms with E-state index in [1.807, 2.05) is 59.8 Å². The Morgan fingerprint density at radius 1 is 1.44 bits per heavy atom. The van der Waals surface area contributed by atoms with Crippen LogP contribution >= 0.6 is 46.8 Å². The zero-order valence-electron chi connectivity index (χ0n) is 9.11. The molecule has 3 unspecified atom stereocenters. The molecule has 0 spiro atoms. The highest BCUT2D eigenvalue weighted by Crippen LogP contribution is 2.38. The Morgan fingerprint density at radius 2 is 2.00 bits per heavy atom. The Labute approximate surface area is 121 Å². The number of hydrogen-bond donors (Lipinski definition) is 2. The Kier molecular flexibility index (Phi) is 5.91. The molecule has 3 atom stereocenters. The predicted octanol–water partition coefficient (Wildman–Crippen LogP) is 3.97. The van der Waals surface area contributed by atoms with Gasteiger partial charge in [-0.2, -0.15) is 12.6 Å². The van der Waals surface area contributed by atoms with Crippen molar-refractivity contribution in [2.24, 2.45) is 0 Å². The van der Waals surface area contributed by atoms with Crippen molar-refractivity contribution in [1.82, 2.24) is 0 Å². The molecule has 90 valence electrons. The number of aliphatic hydroxyl groups is 1. The van der Waals surface area contributed by atoms with Gasteiger partial charge in [-0.15, -0.1) is 11.6 Å². The fourth-order valence-electron chi connectivity index (χ4n) is 1.43. The van der Waals surface area contributed by atoms with E-state index in [0.29, 0.717) is 6.42 Å². The first-order valence-corrected chi connectivity index (χ1v) is 7.30. The predicted molar refractivity (Wildman–Crippen MR) is 81.7 cm³/mol. The molecule has 0 aliphatic carbocycles. The van der Waals surface area contributed by atoms with Gasteiger partial charge in [-0.05, 0) is 41.0 Å². The molecule has 1 N–H and O–H groups in total. The van der Waals surface area contributed by atoms with Gasteiger partial charge in [0.2, 0.25) is 0 Å². The summed E-state index contributed by atoms with van der Waals surface area (Å²) in [5, 5.41) is 10.3. The molecule has 0 aromatic heterocycles. The lowest BCUT2D eigenvalue weighted by atomic mass is 10.0. The van der Waals surface area contributed by atoms with E-state index >= 15 is 0 Å². The zero-order valence-corrected chi connectivity index (χ0v) is 12.9. The third-order valence-corrected chi connectivity index (χ3v) is 5.48. The summed E-state index contributed by atoms with van der Waals surface area (Å²) in [5.74, 6) is 0. The van der Waals surface area contributed by atoms with Crippen molar-refractivity contribution in [3.05, 3.63) is 35.9 Å². The van der Waals surface area contributed by atoms with Crippen LogP contribution in [0.5, 0.6) is 0 Å². The molecule has 0 heterocycles. The van der Waals surface area contributed by atoms with Gasteiger partial charge in [0.1, 0.15) is 0 Å². The minimum atomic E-state index is -0.968. The minimum Gasteiger partial charge on any atom is -0.374 e. The van der Waals surface area contributed by atoms with E-state index in [2.05, 4.69) is 12.6 Å². The lowest BCUT2D eigenvalue weighted by Crippen LogP contribution is -2.31. The maximum absolute atomic E-state index is 10.5. The van der Waals surface area contributed by atoms with Gasteiger partial charge < -0.3 is 5.11 Å². The van der Waals surface area contributed by atoms with Crippen molar-refractivity contribution in [3.8, 4) is 0 Å². The monoisotopic (exact) mass is 370 g/mol. The largest absolute Gasteiger partial charge is 0.374 e. The summed E-state index contributed by atoms with van der Waals surface area (Å²) in [5.41, 5.74) is 0.871. The van der Waals surface area contributed by atoms with E-state index in [4.69, 9.17) is 11.6 Å². The lowest BCUT2D eigenvalue weighted by molar-refractivity contribution is 0.151. The Balaban J connectivity index is 2.77. The number of benzene rings is 1. The molecule has 0 aliphatic rings. The van der Waals surface area contributed by atoms with E-state index < -0.39 is 3.61 Å². The van der Waals surface area contributed by atoms with Crippen molar-refractivity contribution < 1.29 is 5.11 Å². The van der Waals surface area contributed by atoms with E-state index in [0.717, 1.165) is 12.0 Å². The Morgan fingerprint density at radius 3 is 2.50 bits per heavy atom. The van der Waals surface area contributed by atoms with Crippen LogP contribution in [0, 0.1) is 0 Å². The molecule has 0 fully saturated rings. The van der Waals surface area contributed by atoms with Crippen LogP contribution in [-0.2, 0) is 3.61 Å². The van der Waals surface area contributed by atoms with Crippen molar-refractivity contribution in [1.29, 1.82) is 0 Å². The molecule has 1 rings (SSSR count). The molecule has 0 bridgehead atoms. The Bertz CT molecular complexity index is 318. The van der Waals surface area contributed by atoms with Gasteiger partial charge in [0, 0.05) is 10.6 Å². The smallest absolute Gasteiger partial charge is 0.152 e. The molecule has 1 aromatic carbocycles. The highest BCUT2D eigenvalue weighted by atomic mass is 127. The highest BCUT2D eigenvalue weighted by Gasteiger charge is 2.34. The third kappa shape index (κ3) is 3.79. The number of halogens is 2. The zero-order chi connectivity index (χ0) is 12.2. The number of alkyl halides is 2. The molecule has 4 heteroatoms. The lowest BCUT2D eigenvalue weighted by Gasteiger charge is -2.29. The maximum Gasteiger partial charge on any atom is 0.152 e. The standard InChI is InChI=1S/C12H16ClIOS/c1-2-10(13)8-11(16)12(14,15)9-6-4-3-5-7-9/h3-7,10-11,15-16H,2,8H2,1H3. The summed E-state index contributed by atoms with van der Waals surface area (Å²) in [7, 11) is 0. The van der Waals surface area contributed by atoms with Gasteiger partial charge in [-0.1, -0.05) is 37.3 Å². The third-order valence-electron chi connectivity index (χ3n) is 2.54. The number of hydrogen-bond acceptors (Lipinski definition) is 2. The molecule has 0 saturated carbocycles. The normalized spacial score (nSPS) is 18.8. The van der Waals surface area contributed by atoms with Crippen LogP contribution in [0.2, 0.25) is 0 Å². The van der Waals surface area contributed by atoms with Crippen LogP contribution in [0.15, 0.2) is 30.3 Å². The van der Waals surface area contributed by atoms with Crippen molar-refractivity contribution >= 4 is 46.8 Å². The van der Waals surface area contributed by atoms with Crippen LogP contribution in [0.3, 0.4) is 0 Å². The fourth-order valence-corrected chi connectivity index (χ4v) is 2.75. The molecule has 1 nitrogen and oxygen atoms in total. The van der Waals surface area contributed by atoms with Crippen LogP contribution < -0.4 is 0 Å². The molecular formula is C12H16ClIOS. The number of thiol groups is 1. The first-order valence-electron chi connectivity index (χ1n) is 5.27. The average molecular weight is 371 g/mol. The molecule has 1 aromatic rings. The summed E-state index contributed by atoms with van der Waals surface area (Å²) in [6.07, 6.45) is 1.58. The summed E-state index contributed by atoms with van der Waals surface area (Å²) >= 11 is 12.6. The molecule has 0 radical (unpaired) electrons. The van der Waals surface area contributed by atoms with E-state index in [9.17, 15) is 5.11 Å². The van der Waals surface area contributed by atoms with E-state index in [-0.39, 0.29) is 10.6 Å². The second kappa shape index (κ2) is 6.47. The summed E-state index contributed by atoms with van der Waals surface area (Å²) in [6.45, 7) is 2.03. The first-order chi connectivity index (χ1) is 7.48. The average Bonchev–Trinajstić information content (AvgIpc) is 2.29. The molecule has 0 saturated heterocycles.